The highest BCUT2D eigenvalue weighted by Crippen LogP contribution is 2.43. The fraction of sp³-hybridized carbons (Fsp3) is 0.632. The molecule has 1 fully saturated rings. The Morgan fingerprint density at radius 2 is 1.86 bits per heavy atom. The van der Waals surface area contributed by atoms with Crippen molar-refractivity contribution < 1.29 is 0 Å². The smallest absolute Gasteiger partial charge is 0.0852 e. The molecule has 1 N–H and O–H groups in total. The summed E-state index contributed by atoms with van der Waals surface area (Å²) in [5.41, 5.74) is 0.925. The molecule has 2 rings (SSSR count). The highest BCUT2D eigenvalue weighted by molar-refractivity contribution is 5.36. The summed E-state index contributed by atoms with van der Waals surface area (Å²) < 4.78 is 0. The zero-order valence-corrected chi connectivity index (χ0v) is 13.6. The van der Waals surface area contributed by atoms with Gasteiger partial charge in [0.1, 0.15) is 0 Å². The summed E-state index contributed by atoms with van der Waals surface area (Å²) in [4.78, 5) is 0. The van der Waals surface area contributed by atoms with Gasteiger partial charge in [-0.1, -0.05) is 57.0 Å². The Labute approximate surface area is 129 Å². The van der Waals surface area contributed by atoms with Gasteiger partial charge in [0.25, 0.3) is 0 Å². The number of benzene rings is 1. The molecular formula is C19H28N2. The largest absolute Gasteiger partial charge is 0.311 e. The molecule has 1 aromatic carbocycles. The summed E-state index contributed by atoms with van der Waals surface area (Å²) >= 11 is 0. The maximum atomic E-state index is 9.57. The lowest BCUT2D eigenvalue weighted by atomic mass is 9.62. The predicted molar refractivity (Wildman–Crippen MR) is 88.0 cm³/mol. The van der Waals surface area contributed by atoms with Crippen LogP contribution >= 0.6 is 0 Å². The van der Waals surface area contributed by atoms with E-state index in [1.165, 1.54) is 24.8 Å². The second-order valence-electron chi connectivity index (χ2n) is 7.06. The first kappa shape index (κ1) is 16.0. The summed E-state index contributed by atoms with van der Waals surface area (Å²) in [6.45, 7) is 6.84. The van der Waals surface area contributed by atoms with Gasteiger partial charge in [0.15, 0.2) is 0 Å². The van der Waals surface area contributed by atoms with Gasteiger partial charge in [-0.15, -0.1) is 0 Å². The van der Waals surface area contributed by atoms with Crippen LogP contribution in [0, 0.1) is 17.2 Å². The molecule has 0 bridgehead atoms. The molecule has 0 saturated heterocycles. The number of rotatable bonds is 7. The summed E-state index contributed by atoms with van der Waals surface area (Å²) in [7, 11) is 0. The van der Waals surface area contributed by atoms with E-state index < -0.39 is 0 Å². The molecule has 0 spiro atoms. The fourth-order valence-corrected chi connectivity index (χ4v) is 3.37. The SMILES string of the molecule is CC(C)CCCC(C)NC1CC(C#N)(c2ccccc2)C1. The first-order valence-corrected chi connectivity index (χ1v) is 8.28. The third kappa shape index (κ3) is 4.08. The molecule has 1 aromatic rings. The lowest BCUT2D eigenvalue weighted by Gasteiger charge is -2.44. The monoisotopic (exact) mass is 284 g/mol. The number of hydrogen-bond donors (Lipinski definition) is 1. The van der Waals surface area contributed by atoms with Crippen LogP contribution in [0.2, 0.25) is 0 Å². The quantitative estimate of drug-likeness (QED) is 0.804. The van der Waals surface area contributed by atoms with Crippen LogP contribution in [0.4, 0.5) is 0 Å². The Morgan fingerprint density at radius 3 is 2.43 bits per heavy atom. The van der Waals surface area contributed by atoms with Crippen LogP contribution in [0.15, 0.2) is 30.3 Å². The second-order valence-corrected chi connectivity index (χ2v) is 7.06. The summed E-state index contributed by atoms with van der Waals surface area (Å²) in [6, 6.07) is 13.9. The van der Waals surface area contributed by atoms with Crippen LogP contribution in [0.1, 0.15) is 58.4 Å². The molecular weight excluding hydrogens is 256 g/mol. The van der Waals surface area contributed by atoms with E-state index in [0.29, 0.717) is 12.1 Å². The molecule has 0 aromatic heterocycles. The number of nitrogens with one attached hydrogen (secondary N) is 1. The van der Waals surface area contributed by atoms with Crippen molar-refractivity contribution in [1.82, 2.24) is 5.32 Å². The Kier molecular flexibility index (Phi) is 5.42. The van der Waals surface area contributed by atoms with Gasteiger partial charge in [-0.2, -0.15) is 5.26 Å². The molecule has 0 heterocycles. The second kappa shape index (κ2) is 7.09. The van der Waals surface area contributed by atoms with Crippen molar-refractivity contribution >= 4 is 0 Å². The van der Waals surface area contributed by atoms with Crippen LogP contribution in [-0.2, 0) is 5.41 Å². The highest BCUT2D eigenvalue weighted by Gasteiger charge is 2.46. The first-order valence-electron chi connectivity index (χ1n) is 8.28. The van der Waals surface area contributed by atoms with Gasteiger partial charge in [0.2, 0.25) is 0 Å². The van der Waals surface area contributed by atoms with Gasteiger partial charge in [-0.25, -0.2) is 0 Å². The fourth-order valence-electron chi connectivity index (χ4n) is 3.37. The zero-order valence-electron chi connectivity index (χ0n) is 13.6. The third-order valence-electron chi connectivity index (χ3n) is 4.67. The van der Waals surface area contributed by atoms with Crippen LogP contribution < -0.4 is 5.32 Å². The minimum absolute atomic E-state index is 0.253. The van der Waals surface area contributed by atoms with E-state index in [0.717, 1.165) is 18.8 Å². The molecule has 0 amide bonds. The minimum atomic E-state index is -0.253. The molecule has 1 saturated carbocycles. The molecule has 2 heteroatoms. The van der Waals surface area contributed by atoms with Crippen molar-refractivity contribution in [3.8, 4) is 6.07 Å². The Balaban J connectivity index is 1.79. The van der Waals surface area contributed by atoms with Gasteiger partial charge < -0.3 is 5.32 Å². The maximum absolute atomic E-state index is 9.57. The van der Waals surface area contributed by atoms with E-state index in [9.17, 15) is 5.26 Å². The summed E-state index contributed by atoms with van der Waals surface area (Å²) in [5.74, 6) is 0.797. The lowest BCUT2D eigenvalue weighted by molar-refractivity contribution is 0.208. The Bertz CT molecular complexity index is 466. The molecule has 1 aliphatic carbocycles. The average Bonchev–Trinajstić information content (AvgIpc) is 2.43. The number of nitrogens with zero attached hydrogens (tertiary/aromatic N) is 1. The van der Waals surface area contributed by atoms with Crippen molar-refractivity contribution in [2.24, 2.45) is 5.92 Å². The van der Waals surface area contributed by atoms with Gasteiger partial charge >= 0.3 is 0 Å². The van der Waals surface area contributed by atoms with Crippen molar-refractivity contribution in [3.05, 3.63) is 35.9 Å². The van der Waals surface area contributed by atoms with Crippen LogP contribution in [-0.4, -0.2) is 12.1 Å². The third-order valence-corrected chi connectivity index (χ3v) is 4.67. The van der Waals surface area contributed by atoms with Gasteiger partial charge in [-0.3, -0.25) is 0 Å². The molecule has 114 valence electrons. The average molecular weight is 284 g/mol. The Morgan fingerprint density at radius 1 is 1.19 bits per heavy atom. The number of hydrogen-bond acceptors (Lipinski definition) is 2. The van der Waals surface area contributed by atoms with Crippen LogP contribution in [0.25, 0.3) is 0 Å². The molecule has 21 heavy (non-hydrogen) atoms. The van der Waals surface area contributed by atoms with Gasteiger partial charge in [0.05, 0.1) is 11.5 Å². The highest BCUT2D eigenvalue weighted by atomic mass is 15.0. The predicted octanol–water partition coefficient (Wildman–Crippen LogP) is 4.41. The van der Waals surface area contributed by atoms with Crippen LogP contribution in [0.3, 0.4) is 0 Å². The van der Waals surface area contributed by atoms with E-state index >= 15 is 0 Å². The Hall–Kier alpha value is -1.33. The maximum Gasteiger partial charge on any atom is 0.0852 e. The van der Waals surface area contributed by atoms with E-state index in [2.05, 4.69) is 44.3 Å². The first-order chi connectivity index (χ1) is 10.1. The summed E-state index contributed by atoms with van der Waals surface area (Å²) in [6.07, 6.45) is 5.73. The van der Waals surface area contributed by atoms with E-state index in [4.69, 9.17) is 0 Å². The summed E-state index contributed by atoms with van der Waals surface area (Å²) in [5, 5.41) is 13.3. The van der Waals surface area contributed by atoms with E-state index in [1.807, 2.05) is 18.2 Å². The standard InChI is InChI=1S/C19H28N2/c1-15(2)8-7-9-16(3)21-18-12-19(13-18,14-20)17-10-5-4-6-11-17/h4-6,10-11,15-16,18,21H,7-9,12-13H2,1-3H3. The van der Waals surface area contributed by atoms with Gasteiger partial charge in [0, 0.05) is 12.1 Å². The molecule has 2 nitrogen and oxygen atoms in total. The molecule has 1 atom stereocenters. The molecule has 1 aliphatic rings. The number of nitriles is 1. The molecule has 0 radical (unpaired) electrons. The topological polar surface area (TPSA) is 35.8 Å². The van der Waals surface area contributed by atoms with Crippen LogP contribution in [0.5, 0.6) is 0 Å². The van der Waals surface area contributed by atoms with E-state index in [1.54, 1.807) is 0 Å². The van der Waals surface area contributed by atoms with Crippen molar-refractivity contribution in [2.75, 3.05) is 0 Å². The van der Waals surface area contributed by atoms with E-state index in [-0.39, 0.29) is 5.41 Å². The zero-order chi connectivity index (χ0) is 15.3. The minimum Gasteiger partial charge on any atom is -0.311 e. The van der Waals surface area contributed by atoms with Crippen molar-refractivity contribution in [2.45, 2.75) is 70.4 Å². The van der Waals surface area contributed by atoms with Gasteiger partial charge in [-0.05, 0) is 37.7 Å². The normalized spacial score (nSPS) is 26.1. The molecule has 1 unspecified atom stereocenters. The van der Waals surface area contributed by atoms with Crippen molar-refractivity contribution in [3.63, 3.8) is 0 Å². The lowest BCUT2D eigenvalue weighted by Crippen LogP contribution is -2.53. The van der Waals surface area contributed by atoms with Crippen molar-refractivity contribution in [1.29, 1.82) is 5.26 Å². The molecule has 0 aliphatic heterocycles.